The van der Waals surface area contributed by atoms with Crippen LogP contribution in [0.25, 0.3) is 0 Å². The molecule has 5 nitrogen and oxygen atoms in total. The molecule has 0 aliphatic carbocycles. The van der Waals surface area contributed by atoms with Crippen molar-refractivity contribution in [2.24, 2.45) is 5.92 Å². The molecule has 1 aromatic carbocycles. The summed E-state index contributed by atoms with van der Waals surface area (Å²) in [7, 11) is 3.09. The van der Waals surface area contributed by atoms with Gasteiger partial charge in [-0.3, -0.25) is 4.79 Å². The molecule has 3 atom stereocenters. The molecule has 110 valence electrons. The van der Waals surface area contributed by atoms with Gasteiger partial charge in [0.25, 0.3) is 0 Å². The molecule has 1 N–H and O–H groups in total. The number of phenolic OH excluding ortho intramolecular Hbond substituents is 1. The summed E-state index contributed by atoms with van der Waals surface area (Å²) < 4.78 is 10.3. The minimum atomic E-state index is -0.220. The van der Waals surface area contributed by atoms with Gasteiger partial charge in [0.1, 0.15) is 5.75 Å². The van der Waals surface area contributed by atoms with Crippen molar-refractivity contribution >= 4 is 11.7 Å². The molecule has 1 heterocycles. The second-order valence-corrected chi connectivity index (χ2v) is 5.15. The average Bonchev–Trinajstić information content (AvgIpc) is 2.76. The highest BCUT2D eigenvalue weighted by molar-refractivity contribution is 5.71. The topological polar surface area (TPSA) is 59.0 Å². The van der Waals surface area contributed by atoms with E-state index in [1.807, 2.05) is 12.1 Å². The highest BCUT2D eigenvalue weighted by atomic mass is 16.5. The fourth-order valence-electron chi connectivity index (χ4n) is 2.81. The lowest BCUT2D eigenvalue weighted by molar-refractivity contribution is -0.141. The van der Waals surface area contributed by atoms with Crippen molar-refractivity contribution in [2.45, 2.75) is 25.5 Å². The molecule has 0 amide bonds. The maximum absolute atomic E-state index is 11.6. The summed E-state index contributed by atoms with van der Waals surface area (Å²) in [5, 5.41) is 9.38. The van der Waals surface area contributed by atoms with Crippen molar-refractivity contribution in [1.82, 2.24) is 0 Å². The first-order chi connectivity index (χ1) is 9.56. The lowest BCUT2D eigenvalue weighted by Gasteiger charge is -2.27. The Bertz CT molecular complexity index is 459. The Morgan fingerprint density at radius 1 is 1.35 bits per heavy atom. The van der Waals surface area contributed by atoms with Crippen LogP contribution < -0.4 is 4.90 Å². The minimum absolute atomic E-state index is 0.0388. The number of aromatic hydroxyl groups is 1. The number of benzene rings is 1. The third-order valence-corrected chi connectivity index (χ3v) is 4.06. The Morgan fingerprint density at radius 3 is 2.55 bits per heavy atom. The average molecular weight is 279 g/mol. The van der Waals surface area contributed by atoms with E-state index in [1.165, 1.54) is 7.11 Å². The zero-order valence-corrected chi connectivity index (χ0v) is 12.1. The third kappa shape index (κ3) is 2.88. The summed E-state index contributed by atoms with van der Waals surface area (Å²) in [4.78, 5) is 13.8. The zero-order valence-electron chi connectivity index (χ0n) is 12.1. The number of rotatable bonds is 4. The number of ether oxygens (including phenoxy) is 2. The van der Waals surface area contributed by atoms with Crippen molar-refractivity contribution < 1.29 is 19.4 Å². The van der Waals surface area contributed by atoms with Gasteiger partial charge in [0.2, 0.25) is 0 Å². The summed E-state index contributed by atoms with van der Waals surface area (Å²) in [6.45, 7) is 2.81. The van der Waals surface area contributed by atoms with E-state index in [4.69, 9.17) is 9.47 Å². The predicted octanol–water partition coefficient (Wildman–Crippen LogP) is 1.79. The number of phenols is 1. The summed E-state index contributed by atoms with van der Waals surface area (Å²) in [6.07, 6.45) is 0.414. The smallest absolute Gasteiger partial charge is 0.307 e. The molecule has 5 heteroatoms. The Labute approximate surface area is 119 Å². The van der Waals surface area contributed by atoms with E-state index in [0.717, 1.165) is 12.2 Å². The molecule has 1 aliphatic heterocycles. The van der Waals surface area contributed by atoms with E-state index in [9.17, 15) is 9.90 Å². The first-order valence-electron chi connectivity index (χ1n) is 6.72. The fraction of sp³-hybridized carbons (Fsp3) is 0.533. The van der Waals surface area contributed by atoms with E-state index >= 15 is 0 Å². The van der Waals surface area contributed by atoms with Crippen LogP contribution in [0, 0.1) is 5.92 Å². The van der Waals surface area contributed by atoms with Crippen LogP contribution in [-0.4, -0.2) is 44.0 Å². The second kappa shape index (κ2) is 6.13. The monoisotopic (exact) mass is 279 g/mol. The zero-order chi connectivity index (χ0) is 14.7. The third-order valence-electron chi connectivity index (χ3n) is 4.06. The first-order valence-corrected chi connectivity index (χ1v) is 6.72. The van der Waals surface area contributed by atoms with E-state index in [2.05, 4.69) is 11.8 Å². The van der Waals surface area contributed by atoms with Gasteiger partial charge in [0.15, 0.2) is 0 Å². The summed E-state index contributed by atoms with van der Waals surface area (Å²) in [6, 6.07) is 7.04. The van der Waals surface area contributed by atoms with Gasteiger partial charge in [-0.2, -0.15) is 0 Å². The lowest BCUT2D eigenvalue weighted by atomic mass is 9.97. The molecule has 20 heavy (non-hydrogen) atoms. The fourth-order valence-corrected chi connectivity index (χ4v) is 2.81. The van der Waals surface area contributed by atoms with Crippen LogP contribution in [0.1, 0.15) is 13.3 Å². The van der Waals surface area contributed by atoms with Crippen LogP contribution in [0.5, 0.6) is 5.75 Å². The number of hydrogen-bond acceptors (Lipinski definition) is 5. The van der Waals surface area contributed by atoms with Gasteiger partial charge in [-0.1, -0.05) is 6.92 Å². The van der Waals surface area contributed by atoms with E-state index in [1.54, 1.807) is 19.2 Å². The van der Waals surface area contributed by atoms with Gasteiger partial charge in [0, 0.05) is 31.3 Å². The van der Waals surface area contributed by atoms with E-state index in [0.29, 0.717) is 6.42 Å². The minimum Gasteiger partial charge on any atom is -0.508 e. The Hall–Kier alpha value is -1.75. The van der Waals surface area contributed by atoms with Gasteiger partial charge in [-0.05, 0) is 24.3 Å². The highest BCUT2D eigenvalue weighted by Crippen LogP contribution is 2.33. The highest BCUT2D eigenvalue weighted by Gasteiger charge is 2.40. The number of carbonyl (C=O) groups is 1. The standard InChI is InChI=1S/C15H21NO4/c1-10-13(8-15(18)20-3)16(9-14(10)19-2)11-4-6-12(17)7-5-11/h4-7,10,13-14,17H,8-9H2,1-3H3. The Balaban J connectivity index is 2.23. The largest absolute Gasteiger partial charge is 0.508 e. The molecule has 2 rings (SSSR count). The summed E-state index contributed by atoms with van der Waals surface area (Å²) in [5.41, 5.74) is 0.975. The van der Waals surface area contributed by atoms with Crippen LogP contribution in [0.3, 0.4) is 0 Å². The van der Waals surface area contributed by atoms with Gasteiger partial charge in [-0.25, -0.2) is 0 Å². The number of methoxy groups -OCH3 is 2. The van der Waals surface area contributed by atoms with Crippen LogP contribution in [0.2, 0.25) is 0 Å². The maximum atomic E-state index is 11.6. The lowest BCUT2D eigenvalue weighted by Crippen LogP contribution is -2.34. The molecular weight excluding hydrogens is 258 g/mol. The normalized spacial score (nSPS) is 25.8. The molecule has 0 aromatic heterocycles. The number of anilines is 1. The molecule has 3 unspecified atom stereocenters. The van der Waals surface area contributed by atoms with Crippen molar-refractivity contribution in [1.29, 1.82) is 0 Å². The number of esters is 1. The van der Waals surface area contributed by atoms with Crippen molar-refractivity contribution in [3.8, 4) is 5.75 Å². The van der Waals surface area contributed by atoms with E-state index < -0.39 is 0 Å². The molecule has 1 aliphatic rings. The van der Waals surface area contributed by atoms with Gasteiger partial charge in [-0.15, -0.1) is 0 Å². The van der Waals surface area contributed by atoms with E-state index in [-0.39, 0.29) is 29.8 Å². The summed E-state index contributed by atoms with van der Waals surface area (Å²) >= 11 is 0. The van der Waals surface area contributed by atoms with Crippen molar-refractivity contribution in [3.05, 3.63) is 24.3 Å². The van der Waals surface area contributed by atoms with Crippen LogP contribution >= 0.6 is 0 Å². The first kappa shape index (κ1) is 14.7. The van der Waals surface area contributed by atoms with Crippen LogP contribution in [0.4, 0.5) is 5.69 Å². The number of hydrogen-bond donors (Lipinski definition) is 1. The number of nitrogens with zero attached hydrogens (tertiary/aromatic N) is 1. The molecule has 0 spiro atoms. The van der Waals surface area contributed by atoms with Gasteiger partial charge < -0.3 is 19.5 Å². The quantitative estimate of drug-likeness (QED) is 0.852. The second-order valence-electron chi connectivity index (χ2n) is 5.15. The van der Waals surface area contributed by atoms with Gasteiger partial charge in [0.05, 0.1) is 19.6 Å². The van der Waals surface area contributed by atoms with Crippen LogP contribution in [0.15, 0.2) is 24.3 Å². The van der Waals surface area contributed by atoms with Crippen molar-refractivity contribution in [2.75, 3.05) is 25.7 Å². The molecule has 0 bridgehead atoms. The van der Waals surface area contributed by atoms with Crippen molar-refractivity contribution in [3.63, 3.8) is 0 Å². The van der Waals surface area contributed by atoms with Crippen LogP contribution in [-0.2, 0) is 14.3 Å². The molecule has 1 aromatic rings. The molecule has 0 saturated carbocycles. The molecular formula is C15H21NO4. The SMILES string of the molecule is COC(=O)CC1C(C)C(OC)CN1c1ccc(O)cc1. The predicted molar refractivity (Wildman–Crippen MR) is 75.8 cm³/mol. The Morgan fingerprint density at radius 2 is 2.00 bits per heavy atom. The molecule has 0 radical (unpaired) electrons. The molecule has 1 saturated heterocycles. The number of carbonyl (C=O) groups excluding carboxylic acids is 1. The summed E-state index contributed by atoms with van der Waals surface area (Å²) in [5.74, 6) is 0.240. The maximum Gasteiger partial charge on any atom is 0.307 e. The Kier molecular flexibility index (Phi) is 4.49. The molecule has 1 fully saturated rings. The van der Waals surface area contributed by atoms with Gasteiger partial charge >= 0.3 is 5.97 Å².